The van der Waals surface area contributed by atoms with Crippen LogP contribution in [-0.2, 0) is 6.54 Å². The molecule has 2 aromatic rings. The summed E-state index contributed by atoms with van der Waals surface area (Å²) in [6.07, 6.45) is 0.0312. The molecule has 146 valence electrons. The summed E-state index contributed by atoms with van der Waals surface area (Å²) in [5, 5.41) is 17.5. The molecule has 0 spiro atoms. The van der Waals surface area contributed by atoms with Crippen molar-refractivity contribution in [2.75, 3.05) is 20.2 Å². The first-order valence-corrected chi connectivity index (χ1v) is 9.16. The minimum absolute atomic E-state index is 0.223. The second-order valence-corrected chi connectivity index (χ2v) is 7.18. The summed E-state index contributed by atoms with van der Waals surface area (Å²) in [5.74, 6) is 1.12. The van der Waals surface area contributed by atoms with E-state index in [2.05, 4.69) is 15.4 Å². The summed E-state index contributed by atoms with van der Waals surface area (Å²) >= 11 is 0. The molecule has 0 radical (unpaired) electrons. The highest BCUT2D eigenvalue weighted by Crippen LogP contribution is 2.22. The fourth-order valence-corrected chi connectivity index (χ4v) is 3.51. The Labute approximate surface area is 159 Å². The van der Waals surface area contributed by atoms with Crippen LogP contribution in [0, 0.1) is 20.8 Å². The molecule has 7 nitrogen and oxygen atoms in total. The SMILES string of the molecule is COc1ccc(C)cc1C(=O)N[C@@H]1CCN(Cc2c(C)noc2C)C[C@H]1O. The van der Waals surface area contributed by atoms with E-state index in [-0.39, 0.29) is 11.9 Å². The molecule has 1 saturated heterocycles. The number of piperidine rings is 1. The van der Waals surface area contributed by atoms with Gasteiger partial charge in [-0.1, -0.05) is 16.8 Å². The summed E-state index contributed by atoms with van der Waals surface area (Å²) in [4.78, 5) is 14.8. The molecule has 2 N–H and O–H groups in total. The number of β-amino-alcohol motifs (C(OH)–C–C–N with tert-alkyl or cyclic N) is 1. The summed E-state index contributed by atoms with van der Waals surface area (Å²) < 4.78 is 10.5. The third-order valence-electron chi connectivity index (χ3n) is 5.15. The zero-order valence-corrected chi connectivity index (χ0v) is 16.3. The van der Waals surface area contributed by atoms with E-state index in [9.17, 15) is 9.90 Å². The zero-order chi connectivity index (χ0) is 19.6. The number of rotatable bonds is 5. The predicted octanol–water partition coefficient (Wildman–Crippen LogP) is 1.97. The minimum Gasteiger partial charge on any atom is -0.496 e. The molecule has 7 heteroatoms. The number of likely N-dealkylation sites (tertiary alicyclic amines) is 1. The number of hydrogen-bond donors (Lipinski definition) is 2. The van der Waals surface area contributed by atoms with E-state index in [0.29, 0.717) is 30.8 Å². The number of carbonyl (C=O) groups excluding carboxylic acids is 1. The number of aliphatic hydroxyl groups excluding tert-OH is 1. The van der Waals surface area contributed by atoms with E-state index in [4.69, 9.17) is 9.26 Å². The second kappa shape index (κ2) is 8.10. The molecule has 1 aliphatic rings. The Balaban J connectivity index is 1.62. The van der Waals surface area contributed by atoms with Crippen molar-refractivity contribution in [3.63, 3.8) is 0 Å². The highest BCUT2D eigenvalue weighted by atomic mass is 16.5. The van der Waals surface area contributed by atoms with E-state index in [0.717, 1.165) is 29.1 Å². The Morgan fingerprint density at radius 3 is 2.81 bits per heavy atom. The Kier molecular flexibility index (Phi) is 5.82. The summed E-state index contributed by atoms with van der Waals surface area (Å²) in [7, 11) is 1.55. The van der Waals surface area contributed by atoms with Gasteiger partial charge < -0.3 is 19.7 Å². The van der Waals surface area contributed by atoms with Gasteiger partial charge >= 0.3 is 0 Å². The Bertz CT molecular complexity index is 798. The molecular formula is C20H27N3O4. The van der Waals surface area contributed by atoms with Crippen molar-refractivity contribution in [3.05, 3.63) is 46.3 Å². The van der Waals surface area contributed by atoms with Crippen molar-refractivity contribution in [2.24, 2.45) is 0 Å². The van der Waals surface area contributed by atoms with Crippen molar-refractivity contribution in [2.45, 2.75) is 45.9 Å². The number of methoxy groups -OCH3 is 1. The van der Waals surface area contributed by atoms with Crippen LogP contribution in [-0.4, -0.2) is 53.4 Å². The zero-order valence-electron chi connectivity index (χ0n) is 16.3. The van der Waals surface area contributed by atoms with Gasteiger partial charge in [-0.25, -0.2) is 0 Å². The monoisotopic (exact) mass is 373 g/mol. The average molecular weight is 373 g/mol. The number of nitrogens with one attached hydrogen (secondary N) is 1. The number of ether oxygens (including phenoxy) is 1. The largest absolute Gasteiger partial charge is 0.496 e. The molecule has 1 aromatic carbocycles. The van der Waals surface area contributed by atoms with Gasteiger partial charge in [0.05, 0.1) is 30.5 Å². The van der Waals surface area contributed by atoms with Crippen LogP contribution in [0.15, 0.2) is 22.7 Å². The maximum atomic E-state index is 12.7. The molecule has 0 bridgehead atoms. The molecule has 1 aromatic heterocycles. The maximum Gasteiger partial charge on any atom is 0.255 e. The molecule has 1 fully saturated rings. The fraction of sp³-hybridized carbons (Fsp3) is 0.500. The fourth-order valence-electron chi connectivity index (χ4n) is 3.51. The number of benzene rings is 1. The molecule has 0 saturated carbocycles. The number of nitrogens with zero attached hydrogens (tertiary/aromatic N) is 2. The number of amides is 1. The first-order chi connectivity index (χ1) is 12.9. The molecule has 2 atom stereocenters. The summed E-state index contributed by atoms with van der Waals surface area (Å²) in [6.45, 7) is 7.69. The third-order valence-corrected chi connectivity index (χ3v) is 5.15. The number of carbonyl (C=O) groups is 1. The van der Waals surface area contributed by atoms with Gasteiger partial charge in [0.1, 0.15) is 11.5 Å². The molecule has 27 heavy (non-hydrogen) atoms. The van der Waals surface area contributed by atoms with Crippen LogP contribution in [0.4, 0.5) is 0 Å². The van der Waals surface area contributed by atoms with Gasteiger partial charge in [-0.05, 0) is 39.3 Å². The van der Waals surface area contributed by atoms with Crippen molar-refractivity contribution < 1.29 is 19.2 Å². The number of aromatic nitrogens is 1. The number of hydrogen-bond acceptors (Lipinski definition) is 6. The Morgan fingerprint density at radius 2 is 2.19 bits per heavy atom. The van der Waals surface area contributed by atoms with Gasteiger partial charge in [-0.3, -0.25) is 9.69 Å². The van der Waals surface area contributed by atoms with Crippen LogP contribution in [0.25, 0.3) is 0 Å². The van der Waals surface area contributed by atoms with Gasteiger partial charge in [0.2, 0.25) is 0 Å². The highest BCUT2D eigenvalue weighted by molar-refractivity contribution is 5.97. The lowest BCUT2D eigenvalue weighted by molar-refractivity contribution is 0.0347. The van der Waals surface area contributed by atoms with Gasteiger partial charge in [0.15, 0.2) is 0 Å². The van der Waals surface area contributed by atoms with E-state index in [1.165, 1.54) is 0 Å². The molecule has 3 rings (SSSR count). The molecular weight excluding hydrogens is 346 g/mol. The van der Waals surface area contributed by atoms with E-state index >= 15 is 0 Å². The molecule has 0 unspecified atom stereocenters. The topological polar surface area (TPSA) is 87.8 Å². The molecule has 0 aliphatic carbocycles. The lowest BCUT2D eigenvalue weighted by atomic mass is 10.00. The lowest BCUT2D eigenvalue weighted by Gasteiger charge is -2.36. The van der Waals surface area contributed by atoms with E-state index < -0.39 is 6.10 Å². The van der Waals surface area contributed by atoms with Crippen LogP contribution < -0.4 is 10.1 Å². The van der Waals surface area contributed by atoms with Crippen LogP contribution in [0.5, 0.6) is 5.75 Å². The van der Waals surface area contributed by atoms with Gasteiger partial charge in [0.25, 0.3) is 5.91 Å². The van der Waals surface area contributed by atoms with Gasteiger partial charge in [-0.2, -0.15) is 0 Å². The Morgan fingerprint density at radius 1 is 1.41 bits per heavy atom. The smallest absolute Gasteiger partial charge is 0.255 e. The Hall–Kier alpha value is -2.38. The molecule has 1 aliphatic heterocycles. The normalized spacial score (nSPS) is 20.5. The van der Waals surface area contributed by atoms with Crippen LogP contribution >= 0.6 is 0 Å². The predicted molar refractivity (Wildman–Crippen MR) is 101 cm³/mol. The van der Waals surface area contributed by atoms with Crippen LogP contribution in [0.2, 0.25) is 0 Å². The van der Waals surface area contributed by atoms with Crippen molar-refractivity contribution in [1.82, 2.24) is 15.4 Å². The van der Waals surface area contributed by atoms with Crippen molar-refractivity contribution in [1.29, 1.82) is 0 Å². The lowest BCUT2D eigenvalue weighted by Crippen LogP contribution is -2.53. The summed E-state index contributed by atoms with van der Waals surface area (Å²) in [5.41, 5.74) is 3.41. The van der Waals surface area contributed by atoms with Crippen LogP contribution in [0.1, 0.15) is 39.4 Å². The molecule has 2 heterocycles. The quantitative estimate of drug-likeness (QED) is 0.833. The standard InChI is InChI=1S/C20H27N3O4/c1-12-5-6-19(26-4)15(9-12)20(25)21-17-7-8-23(11-18(17)24)10-16-13(2)22-27-14(16)3/h5-6,9,17-18,24H,7-8,10-11H2,1-4H3,(H,21,25)/t17-,18-/m1/s1. The van der Waals surface area contributed by atoms with Crippen molar-refractivity contribution >= 4 is 5.91 Å². The minimum atomic E-state index is -0.640. The average Bonchev–Trinajstić information content (AvgIpc) is 2.95. The molecule has 1 amide bonds. The number of aliphatic hydroxyl groups is 1. The first-order valence-electron chi connectivity index (χ1n) is 9.16. The van der Waals surface area contributed by atoms with Gasteiger partial charge in [-0.15, -0.1) is 0 Å². The van der Waals surface area contributed by atoms with Crippen LogP contribution in [0.3, 0.4) is 0 Å². The second-order valence-electron chi connectivity index (χ2n) is 7.18. The highest BCUT2D eigenvalue weighted by Gasteiger charge is 2.30. The third kappa shape index (κ3) is 4.31. The summed E-state index contributed by atoms with van der Waals surface area (Å²) in [6, 6.07) is 5.20. The number of aryl methyl sites for hydroxylation is 3. The van der Waals surface area contributed by atoms with E-state index in [1.54, 1.807) is 19.2 Å². The first kappa shape index (κ1) is 19.4. The van der Waals surface area contributed by atoms with Gasteiger partial charge in [0, 0.05) is 25.2 Å². The maximum absolute atomic E-state index is 12.7. The van der Waals surface area contributed by atoms with Crippen molar-refractivity contribution in [3.8, 4) is 5.75 Å². The van der Waals surface area contributed by atoms with E-state index in [1.807, 2.05) is 26.8 Å².